The van der Waals surface area contributed by atoms with E-state index in [1.165, 1.54) is 11.3 Å². The smallest absolute Gasteiger partial charge is 0.255 e. The van der Waals surface area contributed by atoms with Gasteiger partial charge in [-0.25, -0.2) is 4.98 Å². The van der Waals surface area contributed by atoms with Crippen LogP contribution in [0.15, 0.2) is 24.3 Å². The predicted molar refractivity (Wildman–Crippen MR) is 106 cm³/mol. The number of ether oxygens (including phenoxy) is 2. The lowest BCUT2D eigenvalue weighted by Crippen LogP contribution is -2.29. The van der Waals surface area contributed by atoms with Gasteiger partial charge in [-0.3, -0.25) is 10.1 Å². The van der Waals surface area contributed by atoms with E-state index in [0.717, 1.165) is 34.7 Å². The van der Waals surface area contributed by atoms with Gasteiger partial charge in [0.15, 0.2) is 5.13 Å². The van der Waals surface area contributed by atoms with Gasteiger partial charge in [0.2, 0.25) is 0 Å². The Bertz CT molecular complexity index is 736. The normalized spacial score (nSPS) is 19.0. The van der Waals surface area contributed by atoms with Crippen molar-refractivity contribution in [1.82, 2.24) is 4.98 Å². The van der Waals surface area contributed by atoms with Crippen LogP contribution in [0.4, 0.5) is 5.13 Å². The highest BCUT2D eigenvalue weighted by molar-refractivity contribution is 7.16. The molecule has 0 unspecified atom stereocenters. The van der Waals surface area contributed by atoms with E-state index in [2.05, 4.69) is 17.2 Å². The molecule has 0 aliphatic carbocycles. The first-order valence-electron chi connectivity index (χ1n) is 8.45. The lowest BCUT2D eigenvalue weighted by molar-refractivity contribution is -0.126. The number of halogens is 1. The fourth-order valence-corrected chi connectivity index (χ4v) is 3.80. The van der Waals surface area contributed by atoms with E-state index in [9.17, 15) is 4.79 Å². The zero-order chi connectivity index (χ0) is 17.8. The standard InChI is InChI=1S/C18H23N3O3S.ClH/c1-3-15-16(11-4-6-12(23-2)7-5-11)20-18(25-15)21-17(22)14-9-8-13(10-19)24-14;/h4-7,13-14H,3,8-10,19H2,1-2H3,(H,20,21,22);1H/t13-,14+;/m1./s1. The summed E-state index contributed by atoms with van der Waals surface area (Å²) in [5, 5.41) is 3.50. The Kier molecular flexibility index (Phi) is 7.40. The maximum atomic E-state index is 12.4. The van der Waals surface area contributed by atoms with Crippen molar-refractivity contribution in [1.29, 1.82) is 0 Å². The number of anilines is 1. The highest BCUT2D eigenvalue weighted by Gasteiger charge is 2.30. The Labute approximate surface area is 163 Å². The van der Waals surface area contributed by atoms with Gasteiger partial charge < -0.3 is 15.2 Å². The quantitative estimate of drug-likeness (QED) is 0.781. The maximum absolute atomic E-state index is 12.4. The van der Waals surface area contributed by atoms with Gasteiger partial charge in [-0.05, 0) is 43.5 Å². The minimum atomic E-state index is -0.438. The van der Waals surface area contributed by atoms with Crippen molar-refractivity contribution in [2.24, 2.45) is 5.73 Å². The number of hydrogen-bond acceptors (Lipinski definition) is 6. The van der Waals surface area contributed by atoms with Crippen molar-refractivity contribution in [2.45, 2.75) is 38.4 Å². The molecule has 0 saturated carbocycles. The first-order valence-corrected chi connectivity index (χ1v) is 9.26. The van der Waals surface area contributed by atoms with Gasteiger partial charge in [0, 0.05) is 17.0 Å². The zero-order valence-electron chi connectivity index (χ0n) is 14.9. The lowest BCUT2D eigenvalue weighted by atomic mass is 10.1. The molecule has 1 aromatic heterocycles. The minimum Gasteiger partial charge on any atom is -0.497 e. The Morgan fingerprint density at radius 3 is 2.69 bits per heavy atom. The second-order valence-electron chi connectivity index (χ2n) is 5.92. The van der Waals surface area contributed by atoms with Gasteiger partial charge in [-0.15, -0.1) is 23.7 Å². The molecule has 1 aromatic carbocycles. The number of rotatable bonds is 6. The van der Waals surface area contributed by atoms with Crippen molar-refractivity contribution < 1.29 is 14.3 Å². The van der Waals surface area contributed by atoms with Crippen LogP contribution < -0.4 is 15.8 Å². The van der Waals surface area contributed by atoms with Crippen LogP contribution in [-0.4, -0.2) is 36.8 Å². The van der Waals surface area contributed by atoms with Crippen LogP contribution in [-0.2, 0) is 16.0 Å². The largest absolute Gasteiger partial charge is 0.497 e. The molecule has 2 aromatic rings. The maximum Gasteiger partial charge on any atom is 0.255 e. The molecule has 2 heterocycles. The van der Waals surface area contributed by atoms with Crippen molar-refractivity contribution in [3.63, 3.8) is 0 Å². The zero-order valence-corrected chi connectivity index (χ0v) is 16.5. The predicted octanol–water partition coefficient (Wildman–Crippen LogP) is 3.25. The summed E-state index contributed by atoms with van der Waals surface area (Å²) in [5.41, 5.74) is 7.51. The van der Waals surface area contributed by atoms with Crippen LogP contribution in [0.3, 0.4) is 0 Å². The van der Waals surface area contributed by atoms with E-state index in [1.54, 1.807) is 7.11 Å². The SMILES string of the molecule is CCc1sc(NC(=O)[C@@H]2CC[C@H](CN)O2)nc1-c1ccc(OC)cc1.Cl. The first-order chi connectivity index (χ1) is 12.1. The Morgan fingerprint density at radius 2 is 2.12 bits per heavy atom. The van der Waals surface area contributed by atoms with Crippen molar-refractivity contribution in [3.05, 3.63) is 29.1 Å². The molecule has 0 bridgehead atoms. The number of nitrogens with zero attached hydrogens (tertiary/aromatic N) is 1. The Hall–Kier alpha value is -1.67. The molecule has 1 saturated heterocycles. The number of aromatic nitrogens is 1. The molecular formula is C18H24ClN3O3S. The number of benzene rings is 1. The molecule has 6 nitrogen and oxygen atoms in total. The third kappa shape index (κ3) is 4.54. The fraction of sp³-hybridized carbons (Fsp3) is 0.444. The molecule has 3 N–H and O–H groups in total. The van der Waals surface area contributed by atoms with Crippen LogP contribution in [0.25, 0.3) is 11.3 Å². The molecule has 8 heteroatoms. The molecule has 2 atom stereocenters. The molecule has 0 spiro atoms. The van der Waals surface area contributed by atoms with E-state index in [-0.39, 0.29) is 24.4 Å². The topological polar surface area (TPSA) is 86.5 Å². The van der Waals surface area contributed by atoms with E-state index >= 15 is 0 Å². The average molecular weight is 398 g/mol. The Morgan fingerprint density at radius 1 is 1.38 bits per heavy atom. The van der Waals surface area contributed by atoms with Gasteiger partial charge in [0.1, 0.15) is 11.9 Å². The van der Waals surface area contributed by atoms with Gasteiger partial charge >= 0.3 is 0 Å². The number of aryl methyl sites for hydroxylation is 1. The summed E-state index contributed by atoms with van der Waals surface area (Å²) < 4.78 is 10.8. The van der Waals surface area contributed by atoms with Crippen LogP contribution in [0.5, 0.6) is 5.75 Å². The number of nitrogens with one attached hydrogen (secondary N) is 1. The third-order valence-corrected chi connectivity index (χ3v) is 5.39. The van der Waals surface area contributed by atoms with E-state index in [4.69, 9.17) is 15.2 Å². The van der Waals surface area contributed by atoms with Crippen LogP contribution in [0, 0.1) is 0 Å². The second kappa shape index (κ2) is 9.32. The summed E-state index contributed by atoms with van der Waals surface area (Å²) in [6.45, 7) is 2.53. The summed E-state index contributed by atoms with van der Waals surface area (Å²) in [4.78, 5) is 18.1. The molecule has 1 fully saturated rings. The molecule has 0 radical (unpaired) electrons. The fourth-order valence-electron chi connectivity index (χ4n) is 2.88. The lowest BCUT2D eigenvalue weighted by Gasteiger charge is -2.11. The number of carbonyl (C=O) groups excluding carboxylic acids is 1. The van der Waals surface area contributed by atoms with E-state index in [0.29, 0.717) is 18.1 Å². The van der Waals surface area contributed by atoms with E-state index < -0.39 is 6.10 Å². The Balaban J connectivity index is 0.00000243. The molecule has 26 heavy (non-hydrogen) atoms. The first kappa shape index (κ1) is 20.6. The van der Waals surface area contributed by atoms with Gasteiger partial charge in [-0.1, -0.05) is 6.92 Å². The summed E-state index contributed by atoms with van der Waals surface area (Å²) in [6.07, 6.45) is 1.92. The molecular weight excluding hydrogens is 374 g/mol. The number of thiazole rings is 1. The summed E-state index contributed by atoms with van der Waals surface area (Å²) >= 11 is 1.50. The van der Waals surface area contributed by atoms with E-state index in [1.807, 2.05) is 24.3 Å². The summed E-state index contributed by atoms with van der Waals surface area (Å²) in [7, 11) is 1.64. The highest BCUT2D eigenvalue weighted by atomic mass is 35.5. The number of methoxy groups -OCH3 is 1. The molecule has 1 aliphatic heterocycles. The van der Waals surface area contributed by atoms with Crippen molar-refractivity contribution in [3.8, 4) is 17.0 Å². The van der Waals surface area contributed by atoms with Crippen LogP contribution >= 0.6 is 23.7 Å². The molecule has 3 rings (SSSR count). The minimum absolute atomic E-state index is 0. The van der Waals surface area contributed by atoms with Gasteiger partial charge in [-0.2, -0.15) is 0 Å². The molecule has 1 aliphatic rings. The van der Waals surface area contributed by atoms with Crippen LogP contribution in [0.1, 0.15) is 24.6 Å². The number of hydrogen-bond donors (Lipinski definition) is 2. The van der Waals surface area contributed by atoms with Crippen molar-refractivity contribution in [2.75, 3.05) is 19.0 Å². The highest BCUT2D eigenvalue weighted by Crippen LogP contribution is 2.33. The number of amides is 1. The number of carbonyl (C=O) groups is 1. The van der Waals surface area contributed by atoms with Gasteiger partial charge in [0.05, 0.1) is 18.9 Å². The average Bonchev–Trinajstić information content (AvgIpc) is 3.28. The number of nitrogens with two attached hydrogens (primary N) is 1. The second-order valence-corrected chi connectivity index (χ2v) is 7.01. The van der Waals surface area contributed by atoms with Crippen LogP contribution in [0.2, 0.25) is 0 Å². The van der Waals surface area contributed by atoms with Crippen molar-refractivity contribution >= 4 is 34.8 Å². The molecule has 142 valence electrons. The van der Waals surface area contributed by atoms with Gasteiger partial charge in [0.25, 0.3) is 5.91 Å². The summed E-state index contributed by atoms with van der Waals surface area (Å²) in [6, 6.07) is 7.77. The molecule has 1 amide bonds. The summed E-state index contributed by atoms with van der Waals surface area (Å²) in [5.74, 6) is 0.659. The third-order valence-electron chi connectivity index (χ3n) is 4.27. The monoisotopic (exact) mass is 397 g/mol.